The molecule has 4 heteroatoms. The molecular weight excluding hydrogens is 258 g/mol. The summed E-state index contributed by atoms with van der Waals surface area (Å²) in [5.74, 6) is 0.723. The molecule has 1 heterocycles. The standard InChI is InChI=1S/C15H22ClN3/c1-3-18(11-7-10-16)12-14-13-8-5-6-9-15(13)19(4-2)17-14/h5-6,8-9H,3-4,7,10-12H2,1-2H3. The van der Waals surface area contributed by atoms with E-state index in [1.165, 1.54) is 16.6 Å². The molecule has 0 spiro atoms. The van der Waals surface area contributed by atoms with Gasteiger partial charge in [0.05, 0.1) is 11.2 Å². The molecule has 0 atom stereocenters. The fourth-order valence-corrected chi connectivity index (χ4v) is 2.52. The second-order valence-corrected chi connectivity index (χ2v) is 5.07. The second-order valence-electron chi connectivity index (χ2n) is 4.69. The number of hydrogen-bond acceptors (Lipinski definition) is 2. The number of halogens is 1. The predicted molar refractivity (Wildman–Crippen MR) is 81.7 cm³/mol. The Labute approximate surface area is 120 Å². The van der Waals surface area contributed by atoms with E-state index >= 15 is 0 Å². The van der Waals surface area contributed by atoms with Crippen molar-refractivity contribution in [3.8, 4) is 0 Å². The average Bonchev–Trinajstić information content (AvgIpc) is 2.81. The van der Waals surface area contributed by atoms with Crippen LogP contribution in [0.2, 0.25) is 0 Å². The molecule has 0 aliphatic carbocycles. The molecule has 0 amide bonds. The third-order valence-electron chi connectivity index (χ3n) is 3.46. The Balaban J connectivity index is 2.24. The van der Waals surface area contributed by atoms with Crippen molar-refractivity contribution < 1.29 is 0 Å². The van der Waals surface area contributed by atoms with Crippen molar-refractivity contribution in [1.29, 1.82) is 0 Å². The van der Waals surface area contributed by atoms with Crippen LogP contribution in [0.25, 0.3) is 10.9 Å². The minimum absolute atomic E-state index is 0.723. The van der Waals surface area contributed by atoms with E-state index in [2.05, 4.69) is 47.7 Å². The van der Waals surface area contributed by atoms with Crippen molar-refractivity contribution in [1.82, 2.24) is 14.7 Å². The van der Waals surface area contributed by atoms with E-state index in [-0.39, 0.29) is 0 Å². The Morgan fingerprint density at radius 2 is 2.05 bits per heavy atom. The highest BCUT2D eigenvalue weighted by atomic mass is 35.5. The largest absolute Gasteiger partial charge is 0.298 e. The summed E-state index contributed by atoms with van der Waals surface area (Å²) in [6.45, 7) is 8.20. The molecule has 104 valence electrons. The molecule has 0 unspecified atom stereocenters. The molecule has 0 saturated heterocycles. The molecular formula is C15H22ClN3. The minimum atomic E-state index is 0.723. The van der Waals surface area contributed by atoms with Crippen LogP contribution in [0.15, 0.2) is 24.3 Å². The molecule has 3 nitrogen and oxygen atoms in total. The first-order valence-electron chi connectivity index (χ1n) is 7.02. The lowest BCUT2D eigenvalue weighted by molar-refractivity contribution is 0.278. The van der Waals surface area contributed by atoms with E-state index in [1.807, 2.05) is 0 Å². The Morgan fingerprint density at radius 1 is 1.26 bits per heavy atom. The van der Waals surface area contributed by atoms with Gasteiger partial charge in [-0.1, -0.05) is 25.1 Å². The van der Waals surface area contributed by atoms with Gasteiger partial charge >= 0.3 is 0 Å². The van der Waals surface area contributed by atoms with Crippen LogP contribution >= 0.6 is 11.6 Å². The zero-order valence-corrected chi connectivity index (χ0v) is 12.5. The summed E-state index contributed by atoms with van der Waals surface area (Å²) < 4.78 is 2.08. The van der Waals surface area contributed by atoms with Gasteiger partial charge in [-0.05, 0) is 32.5 Å². The molecule has 0 radical (unpaired) electrons. The van der Waals surface area contributed by atoms with E-state index < -0.39 is 0 Å². The molecule has 1 aromatic carbocycles. The van der Waals surface area contributed by atoms with Crippen LogP contribution in [0, 0.1) is 0 Å². The Bertz CT molecular complexity index is 521. The highest BCUT2D eigenvalue weighted by Gasteiger charge is 2.12. The summed E-state index contributed by atoms with van der Waals surface area (Å²) in [5.41, 5.74) is 2.40. The van der Waals surface area contributed by atoms with E-state index in [1.54, 1.807) is 0 Å². The van der Waals surface area contributed by atoms with Gasteiger partial charge in [-0.15, -0.1) is 11.6 Å². The van der Waals surface area contributed by atoms with Gasteiger partial charge in [0.15, 0.2) is 0 Å². The number of nitrogens with zero attached hydrogens (tertiary/aromatic N) is 3. The first kappa shape index (κ1) is 14.4. The molecule has 0 saturated carbocycles. The molecule has 0 bridgehead atoms. The maximum Gasteiger partial charge on any atom is 0.0843 e. The molecule has 1 aromatic heterocycles. The van der Waals surface area contributed by atoms with E-state index in [9.17, 15) is 0 Å². The van der Waals surface area contributed by atoms with Crippen LogP contribution in [-0.4, -0.2) is 33.6 Å². The summed E-state index contributed by atoms with van der Waals surface area (Å²) >= 11 is 5.78. The van der Waals surface area contributed by atoms with Gasteiger partial charge in [0.2, 0.25) is 0 Å². The summed E-state index contributed by atoms with van der Waals surface area (Å²) in [6.07, 6.45) is 1.03. The van der Waals surface area contributed by atoms with Crippen LogP contribution in [-0.2, 0) is 13.1 Å². The Kier molecular flexibility index (Phi) is 5.23. The molecule has 2 rings (SSSR count). The maximum absolute atomic E-state index is 5.78. The first-order valence-corrected chi connectivity index (χ1v) is 7.56. The SMILES string of the molecule is CCN(CCCCl)Cc1nn(CC)c2ccccc12. The van der Waals surface area contributed by atoms with Crippen molar-refractivity contribution in [3.63, 3.8) is 0 Å². The number of fused-ring (bicyclic) bond motifs is 1. The maximum atomic E-state index is 5.78. The van der Waals surface area contributed by atoms with Crippen molar-refractivity contribution in [2.75, 3.05) is 19.0 Å². The van der Waals surface area contributed by atoms with Crippen molar-refractivity contribution >= 4 is 22.5 Å². The molecule has 0 aliphatic rings. The van der Waals surface area contributed by atoms with Gasteiger partial charge < -0.3 is 0 Å². The lowest BCUT2D eigenvalue weighted by Crippen LogP contribution is -2.24. The average molecular weight is 280 g/mol. The van der Waals surface area contributed by atoms with E-state index in [4.69, 9.17) is 16.7 Å². The molecule has 19 heavy (non-hydrogen) atoms. The number of benzene rings is 1. The van der Waals surface area contributed by atoms with Crippen LogP contribution in [0.5, 0.6) is 0 Å². The van der Waals surface area contributed by atoms with Crippen LogP contribution in [0.3, 0.4) is 0 Å². The molecule has 2 aromatic rings. The monoisotopic (exact) mass is 279 g/mol. The van der Waals surface area contributed by atoms with Crippen LogP contribution in [0.4, 0.5) is 0 Å². The zero-order valence-electron chi connectivity index (χ0n) is 11.8. The molecule has 0 N–H and O–H groups in total. The number of hydrogen-bond donors (Lipinski definition) is 0. The second kappa shape index (κ2) is 6.92. The fraction of sp³-hybridized carbons (Fsp3) is 0.533. The molecule has 0 aliphatic heterocycles. The van der Waals surface area contributed by atoms with Gasteiger partial charge in [0.1, 0.15) is 0 Å². The zero-order chi connectivity index (χ0) is 13.7. The predicted octanol–water partition coefficient (Wildman–Crippen LogP) is 3.51. The smallest absolute Gasteiger partial charge is 0.0843 e. The number of alkyl halides is 1. The first-order chi connectivity index (χ1) is 9.30. The molecule has 0 fully saturated rings. The van der Waals surface area contributed by atoms with Crippen molar-refractivity contribution in [3.05, 3.63) is 30.0 Å². The van der Waals surface area contributed by atoms with Crippen LogP contribution in [0.1, 0.15) is 26.0 Å². The minimum Gasteiger partial charge on any atom is -0.298 e. The van der Waals surface area contributed by atoms with Crippen molar-refractivity contribution in [2.45, 2.75) is 33.4 Å². The van der Waals surface area contributed by atoms with Gasteiger partial charge in [0, 0.05) is 24.4 Å². The topological polar surface area (TPSA) is 21.1 Å². The number of para-hydroxylation sites is 1. The number of rotatable bonds is 7. The van der Waals surface area contributed by atoms with Crippen molar-refractivity contribution in [2.24, 2.45) is 0 Å². The summed E-state index contributed by atoms with van der Waals surface area (Å²) in [6, 6.07) is 8.47. The summed E-state index contributed by atoms with van der Waals surface area (Å²) in [7, 11) is 0. The highest BCUT2D eigenvalue weighted by molar-refractivity contribution is 6.17. The lowest BCUT2D eigenvalue weighted by Gasteiger charge is -2.18. The summed E-state index contributed by atoms with van der Waals surface area (Å²) in [4.78, 5) is 2.40. The lowest BCUT2D eigenvalue weighted by atomic mass is 10.2. The third kappa shape index (κ3) is 3.28. The number of aromatic nitrogens is 2. The third-order valence-corrected chi connectivity index (χ3v) is 3.73. The van der Waals surface area contributed by atoms with Gasteiger partial charge in [-0.3, -0.25) is 9.58 Å². The van der Waals surface area contributed by atoms with Gasteiger partial charge in [-0.25, -0.2) is 0 Å². The van der Waals surface area contributed by atoms with E-state index in [0.717, 1.165) is 38.5 Å². The van der Waals surface area contributed by atoms with Gasteiger partial charge in [0.25, 0.3) is 0 Å². The fourth-order valence-electron chi connectivity index (χ4n) is 2.40. The Morgan fingerprint density at radius 3 is 2.74 bits per heavy atom. The normalized spacial score (nSPS) is 11.6. The summed E-state index contributed by atoms with van der Waals surface area (Å²) in [5, 5.41) is 6.02. The van der Waals surface area contributed by atoms with Crippen LogP contribution < -0.4 is 0 Å². The number of aryl methyl sites for hydroxylation is 1. The quantitative estimate of drug-likeness (QED) is 0.723. The van der Waals surface area contributed by atoms with E-state index in [0.29, 0.717) is 0 Å². The highest BCUT2D eigenvalue weighted by Crippen LogP contribution is 2.19. The van der Waals surface area contributed by atoms with Gasteiger partial charge in [-0.2, -0.15) is 5.10 Å². The Hall–Kier alpha value is -1.06.